The number of carboxylic acid groups (broad SMARTS) is 1. The number of hydrogen-bond donors (Lipinski definition) is 2. The van der Waals surface area contributed by atoms with Crippen molar-refractivity contribution in [2.24, 2.45) is 11.8 Å². The van der Waals surface area contributed by atoms with Crippen LogP contribution in [0.2, 0.25) is 0 Å². The van der Waals surface area contributed by atoms with Gasteiger partial charge in [0, 0.05) is 30.4 Å². The van der Waals surface area contributed by atoms with Crippen molar-refractivity contribution < 1.29 is 14.7 Å². The molecule has 0 spiro atoms. The van der Waals surface area contributed by atoms with Crippen molar-refractivity contribution in [3.63, 3.8) is 0 Å². The number of carboxylic acids is 1. The minimum absolute atomic E-state index is 0.0393. The molecule has 2 atom stereocenters. The number of anilines is 1. The average Bonchev–Trinajstić information content (AvgIpc) is 3.34. The van der Waals surface area contributed by atoms with Gasteiger partial charge in [-0.1, -0.05) is 42.8 Å². The van der Waals surface area contributed by atoms with Crippen molar-refractivity contribution in [2.75, 3.05) is 18.0 Å². The number of nitrogens with one attached hydrogen (secondary N) is 1. The summed E-state index contributed by atoms with van der Waals surface area (Å²) in [5, 5.41) is 14.0. The van der Waals surface area contributed by atoms with Crippen LogP contribution in [0.4, 0.5) is 5.82 Å². The maximum absolute atomic E-state index is 13.2. The molecule has 1 amide bonds. The summed E-state index contributed by atoms with van der Waals surface area (Å²) in [6, 6.07) is 17.9. The second-order valence-electron chi connectivity index (χ2n) is 10.4. The van der Waals surface area contributed by atoms with E-state index >= 15 is 0 Å². The molecule has 1 aliphatic heterocycles. The van der Waals surface area contributed by atoms with Gasteiger partial charge in [-0.05, 0) is 80.7 Å². The zero-order valence-corrected chi connectivity index (χ0v) is 21.0. The number of nitrogens with zero attached hydrogens (tertiary/aromatic N) is 2. The summed E-state index contributed by atoms with van der Waals surface area (Å²) in [5.41, 5.74) is 3.50. The summed E-state index contributed by atoms with van der Waals surface area (Å²) in [4.78, 5) is 31.9. The average molecular weight is 486 g/mol. The van der Waals surface area contributed by atoms with E-state index in [2.05, 4.69) is 47.5 Å². The summed E-state index contributed by atoms with van der Waals surface area (Å²) in [5.74, 6) is 0.744. The highest BCUT2D eigenvalue weighted by atomic mass is 16.4. The van der Waals surface area contributed by atoms with E-state index in [9.17, 15) is 14.7 Å². The Kier molecular flexibility index (Phi) is 7.21. The Bertz CT molecular complexity index is 1250. The normalized spacial score (nSPS) is 20.5. The lowest BCUT2D eigenvalue weighted by Crippen LogP contribution is -2.45. The first-order valence-electron chi connectivity index (χ1n) is 13.2. The first-order chi connectivity index (χ1) is 17.5. The molecule has 0 radical (unpaired) electrons. The van der Waals surface area contributed by atoms with Gasteiger partial charge >= 0.3 is 5.97 Å². The molecule has 2 N–H and O–H groups in total. The van der Waals surface area contributed by atoms with Crippen LogP contribution in [0, 0.1) is 18.8 Å². The highest BCUT2D eigenvalue weighted by Crippen LogP contribution is 2.31. The number of carbonyl (C=O) groups excluding carboxylic acids is 1. The molecular weight excluding hydrogens is 450 g/mol. The van der Waals surface area contributed by atoms with E-state index in [0.717, 1.165) is 80.3 Å². The van der Waals surface area contributed by atoms with Crippen molar-refractivity contribution >= 4 is 28.6 Å². The van der Waals surface area contributed by atoms with Gasteiger partial charge in [-0.25, -0.2) is 9.78 Å². The van der Waals surface area contributed by atoms with Crippen LogP contribution in [-0.4, -0.2) is 41.1 Å². The Balaban J connectivity index is 1.15. The van der Waals surface area contributed by atoms with Gasteiger partial charge < -0.3 is 15.3 Å². The minimum atomic E-state index is -0.873. The Hall–Kier alpha value is -3.41. The predicted molar refractivity (Wildman–Crippen MR) is 142 cm³/mol. The standard InChI is InChI=1S/C30H35N3O3/c1-20-6-4-9-23-14-15-27(32-28(20)23)33-18-16-24(17-19-33)29(34)31-26-11-5-8-22(26)13-12-21-7-2-3-10-25(21)30(35)36/h2-4,6-7,9-10,14-15,22,24,26H,5,8,11-13,16-19H2,1H3,(H,31,34)(H,35,36)/t22-,26-/m0/s1. The van der Waals surface area contributed by atoms with Gasteiger partial charge in [0.25, 0.3) is 0 Å². The SMILES string of the molecule is Cc1cccc2ccc(N3CCC(C(=O)N[C@H]4CCC[C@H]4CCc4ccccc4C(=O)O)CC3)nc12. The number of pyridine rings is 1. The monoisotopic (exact) mass is 485 g/mol. The number of aromatic nitrogens is 1. The predicted octanol–water partition coefficient (Wildman–Crippen LogP) is 5.38. The molecule has 1 saturated carbocycles. The number of hydrogen-bond acceptors (Lipinski definition) is 4. The second-order valence-corrected chi connectivity index (χ2v) is 10.4. The van der Waals surface area contributed by atoms with Crippen molar-refractivity contribution in [2.45, 2.75) is 57.9 Å². The lowest BCUT2D eigenvalue weighted by molar-refractivity contribution is -0.126. The molecule has 2 aliphatic rings. The number of para-hydroxylation sites is 1. The fourth-order valence-electron chi connectivity index (χ4n) is 5.99. The molecule has 2 aromatic carbocycles. The van der Waals surface area contributed by atoms with Crippen LogP contribution in [0.25, 0.3) is 10.9 Å². The van der Waals surface area contributed by atoms with Crippen LogP contribution in [0.5, 0.6) is 0 Å². The van der Waals surface area contributed by atoms with E-state index < -0.39 is 5.97 Å². The highest BCUT2D eigenvalue weighted by Gasteiger charge is 2.32. The molecule has 6 nitrogen and oxygen atoms in total. The van der Waals surface area contributed by atoms with Crippen molar-refractivity contribution in [1.29, 1.82) is 0 Å². The number of aryl methyl sites for hydroxylation is 2. The van der Waals surface area contributed by atoms with Crippen molar-refractivity contribution in [3.8, 4) is 0 Å². The van der Waals surface area contributed by atoms with Crippen molar-refractivity contribution in [1.82, 2.24) is 10.3 Å². The molecule has 0 bridgehead atoms. The Morgan fingerprint density at radius 3 is 2.61 bits per heavy atom. The lowest BCUT2D eigenvalue weighted by atomic mass is 9.91. The summed E-state index contributed by atoms with van der Waals surface area (Å²) in [6.07, 6.45) is 6.52. The molecule has 2 heterocycles. The zero-order valence-electron chi connectivity index (χ0n) is 21.0. The summed E-state index contributed by atoms with van der Waals surface area (Å²) < 4.78 is 0. The summed E-state index contributed by atoms with van der Waals surface area (Å²) in [7, 11) is 0. The van der Waals surface area contributed by atoms with Crippen LogP contribution >= 0.6 is 0 Å². The molecule has 188 valence electrons. The van der Waals surface area contributed by atoms with Crippen LogP contribution in [0.3, 0.4) is 0 Å². The van der Waals surface area contributed by atoms with E-state index in [0.29, 0.717) is 11.5 Å². The molecule has 2 fully saturated rings. The molecule has 6 heteroatoms. The fourth-order valence-corrected chi connectivity index (χ4v) is 5.99. The largest absolute Gasteiger partial charge is 0.478 e. The topological polar surface area (TPSA) is 82.5 Å². The molecule has 1 aliphatic carbocycles. The number of piperidine rings is 1. The highest BCUT2D eigenvalue weighted by molar-refractivity contribution is 5.89. The third-order valence-corrected chi connectivity index (χ3v) is 8.12. The van der Waals surface area contributed by atoms with Gasteiger partial charge in [0.2, 0.25) is 5.91 Å². The molecule has 3 aromatic rings. The maximum Gasteiger partial charge on any atom is 0.335 e. The molecular formula is C30H35N3O3. The van der Waals surface area contributed by atoms with Gasteiger partial charge in [0.05, 0.1) is 11.1 Å². The van der Waals surface area contributed by atoms with E-state index in [1.807, 2.05) is 12.1 Å². The molecule has 5 rings (SSSR count). The summed E-state index contributed by atoms with van der Waals surface area (Å²) >= 11 is 0. The van der Waals surface area contributed by atoms with Crippen LogP contribution in [-0.2, 0) is 11.2 Å². The Labute approximate surface area is 212 Å². The van der Waals surface area contributed by atoms with E-state index in [4.69, 9.17) is 4.98 Å². The first kappa shape index (κ1) is 24.3. The van der Waals surface area contributed by atoms with Crippen LogP contribution < -0.4 is 10.2 Å². The molecule has 1 saturated heterocycles. The second kappa shape index (κ2) is 10.7. The van der Waals surface area contributed by atoms with E-state index in [-0.39, 0.29) is 17.9 Å². The van der Waals surface area contributed by atoms with E-state index in [1.54, 1.807) is 12.1 Å². The molecule has 1 aromatic heterocycles. The van der Waals surface area contributed by atoms with Crippen LogP contribution in [0.15, 0.2) is 54.6 Å². The van der Waals surface area contributed by atoms with E-state index in [1.165, 1.54) is 5.56 Å². The Morgan fingerprint density at radius 2 is 1.81 bits per heavy atom. The molecule has 0 unspecified atom stereocenters. The third kappa shape index (κ3) is 5.23. The third-order valence-electron chi connectivity index (χ3n) is 8.12. The van der Waals surface area contributed by atoms with Gasteiger partial charge in [0.15, 0.2) is 0 Å². The van der Waals surface area contributed by atoms with Gasteiger partial charge in [-0.2, -0.15) is 0 Å². The number of rotatable bonds is 7. The number of benzene rings is 2. The number of amides is 1. The minimum Gasteiger partial charge on any atom is -0.478 e. The van der Waals surface area contributed by atoms with Gasteiger partial charge in [-0.3, -0.25) is 4.79 Å². The quantitative estimate of drug-likeness (QED) is 0.470. The number of aromatic carboxylic acids is 1. The van der Waals surface area contributed by atoms with Crippen LogP contribution in [0.1, 0.15) is 60.0 Å². The first-order valence-corrected chi connectivity index (χ1v) is 13.2. The number of carbonyl (C=O) groups is 2. The zero-order chi connectivity index (χ0) is 25.1. The maximum atomic E-state index is 13.2. The Morgan fingerprint density at radius 1 is 1.00 bits per heavy atom. The lowest BCUT2D eigenvalue weighted by Gasteiger charge is -2.33. The number of fused-ring (bicyclic) bond motifs is 1. The fraction of sp³-hybridized carbons (Fsp3) is 0.433. The summed E-state index contributed by atoms with van der Waals surface area (Å²) in [6.45, 7) is 3.77. The smallest absolute Gasteiger partial charge is 0.335 e. The molecule has 36 heavy (non-hydrogen) atoms. The van der Waals surface area contributed by atoms with Gasteiger partial charge in [0.1, 0.15) is 5.82 Å². The van der Waals surface area contributed by atoms with Crippen molar-refractivity contribution in [3.05, 3.63) is 71.3 Å². The van der Waals surface area contributed by atoms with Gasteiger partial charge in [-0.15, -0.1) is 0 Å².